The van der Waals surface area contributed by atoms with Crippen LogP contribution in [0.1, 0.15) is 28.5 Å². The minimum Gasteiger partial charge on any atom is -0.447 e. The molecule has 1 aromatic heterocycles. The van der Waals surface area contributed by atoms with Crippen LogP contribution in [0, 0.1) is 0 Å². The molecule has 148 valence electrons. The van der Waals surface area contributed by atoms with Crippen molar-refractivity contribution in [2.45, 2.75) is 19.9 Å². The largest absolute Gasteiger partial charge is 0.447 e. The Labute approximate surface area is 168 Å². The lowest BCUT2D eigenvalue weighted by Crippen LogP contribution is -2.23. The van der Waals surface area contributed by atoms with Crippen molar-refractivity contribution in [3.05, 3.63) is 77.6 Å². The van der Waals surface area contributed by atoms with Gasteiger partial charge in [0.25, 0.3) is 5.91 Å². The molecule has 3 aromatic rings. The highest BCUT2D eigenvalue weighted by molar-refractivity contribution is 6.05. The van der Waals surface area contributed by atoms with E-state index in [-0.39, 0.29) is 12.0 Å². The zero-order chi connectivity index (χ0) is 20.2. The second-order valence-electron chi connectivity index (χ2n) is 6.77. The number of rotatable bonds is 6. The SMILES string of the molecule is CCc1c(C(=O)Nc2cccc(N3CCOC3=O)c2)cnn1Cc1ccccc1. The van der Waals surface area contributed by atoms with Crippen molar-refractivity contribution in [1.29, 1.82) is 0 Å². The van der Waals surface area contributed by atoms with Crippen LogP contribution in [0.15, 0.2) is 60.8 Å². The first-order valence-electron chi connectivity index (χ1n) is 9.60. The van der Waals surface area contributed by atoms with Crippen LogP contribution < -0.4 is 10.2 Å². The quantitative estimate of drug-likeness (QED) is 0.696. The van der Waals surface area contributed by atoms with E-state index in [0.29, 0.717) is 43.1 Å². The lowest BCUT2D eigenvalue weighted by atomic mass is 10.1. The molecule has 0 radical (unpaired) electrons. The standard InChI is InChI=1S/C22H22N4O3/c1-2-20-19(14-23-26(20)15-16-7-4-3-5-8-16)21(27)24-17-9-6-10-18(13-17)25-11-12-29-22(25)28/h3-10,13-14H,2,11-12,15H2,1H3,(H,24,27). The highest BCUT2D eigenvalue weighted by Crippen LogP contribution is 2.23. The summed E-state index contributed by atoms with van der Waals surface area (Å²) < 4.78 is 6.84. The van der Waals surface area contributed by atoms with Crippen LogP contribution in [-0.4, -0.2) is 34.9 Å². The van der Waals surface area contributed by atoms with Gasteiger partial charge < -0.3 is 10.1 Å². The molecule has 2 heterocycles. The molecule has 2 aromatic carbocycles. The first kappa shape index (κ1) is 18.7. The Morgan fingerprint density at radius 1 is 1.17 bits per heavy atom. The van der Waals surface area contributed by atoms with Gasteiger partial charge in [-0.05, 0) is 30.2 Å². The highest BCUT2D eigenvalue weighted by Gasteiger charge is 2.24. The van der Waals surface area contributed by atoms with Gasteiger partial charge >= 0.3 is 6.09 Å². The van der Waals surface area contributed by atoms with Crippen molar-refractivity contribution in [1.82, 2.24) is 9.78 Å². The number of cyclic esters (lactones) is 1. The molecule has 2 amide bonds. The van der Waals surface area contributed by atoms with Gasteiger partial charge in [-0.25, -0.2) is 4.79 Å². The summed E-state index contributed by atoms with van der Waals surface area (Å²) in [6.45, 7) is 3.50. The first-order chi connectivity index (χ1) is 14.2. The fourth-order valence-corrected chi connectivity index (χ4v) is 3.44. The number of nitrogens with zero attached hydrogens (tertiary/aromatic N) is 3. The summed E-state index contributed by atoms with van der Waals surface area (Å²) in [5.74, 6) is -0.220. The number of hydrogen-bond acceptors (Lipinski definition) is 4. The van der Waals surface area contributed by atoms with E-state index in [4.69, 9.17) is 4.74 Å². The molecular weight excluding hydrogens is 368 g/mol. The fourth-order valence-electron chi connectivity index (χ4n) is 3.44. The maximum Gasteiger partial charge on any atom is 0.414 e. The Kier molecular flexibility index (Phi) is 5.29. The molecule has 7 heteroatoms. The van der Waals surface area contributed by atoms with E-state index >= 15 is 0 Å². The second kappa shape index (κ2) is 8.18. The van der Waals surface area contributed by atoms with Crippen LogP contribution in [-0.2, 0) is 17.7 Å². The number of carbonyl (C=O) groups is 2. The summed E-state index contributed by atoms with van der Waals surface area (Å²) in [5, 5.41) is 7.34. The average molecular weight is 390 g/mol. The molecule has 0 atom stereocenters. The predicted octanol–water partition coefficient (Wildman–Crippen LogP) is 3.70. The number of anilines is 2. The number of aromatic nitrogens is 2. The van der Waals surface area contributed by atoms with Gasteiger partial charge in [-0.1, -0.05) is 43.3 Å². The molecule has 1 saturated heterocycles. The molecule has 0 aliphatic carbocycles. The average Bonchev–Trinajstić information content (AvgIpc) is 3.35. The summed E-state index contributed by atoms with van der Waals surface area (Å²) in [7, 11) is 0. The normalized spacial score (nSPS) is 13.4. The molecule has 4 rings (SSSR count). The molecule has 0 saturated carbocycles. The van der Waals surface area contributed by atoms with Crippen molar-refractivity contribution < 1.29 is 14.3 Å². The minimum atomic E-state index is -0.371. The zero-order valence-corrected chi connectivity index (χ0v) is 16.2. The van der Waals surface area contributed by atoms with Gasteiger partial charge in [0.15, 0.2) is 0 Å². The number of ether oxygens (including phenoxy) is 1. The Morgan fingerprint density at radius 3 is 2.72 bits per heavy atom. The minimum absolute atomic E-state index is 0.220. The van der Waals surface area contributed by atoms with Crippen molar-refractivity contribution in [2.24, 2.45) is 0 Å². The van der Waals surface area contributed by atoms with Crippen LogP contribution >= 0.6 is 0 Å². The zero-order valence-electron chi connectivity index (χ0n) is 16.2. The Balaban J connectivity index is 1.52. The molecule has 0 spiro atoms. The third-order valence-corrected chi connectivity index (χ3v) is 4.88. The molecule has 0 bridgehead atoms. The summed E-state index contributed by atoms with van der Waals surface area (Å²) in [4.78, 5) is 26.2. The topological polar surface area (TPSA) is 76.5 Å². The molecule has 1 N–H and O–H groups in total. The van der Waals surface area contributed by atoms with Crippen LogP contribution in [0.5, 0.6) is 0 Å². The molecule has 7 nitrogen and oxygen atoms in total. The van der Waals surface area contributed by atoms with Gasteiger partial charge in [-0.3, -0.25) is 14.4 Å². The number of amides is 2. The smallest absolute Gasteiger partial charge is 0.414 e. The summed E-state index contributed by atoms with van der Waals surface area (Å²) in [6.07, 6.45) is 1.93. The van der Waals surface area contributed by atoms with E-state index in [1.807, 2.05) is 48.0 Å². The van der Waals surface area contributed by atoms with Gasteiger partial charge in [0.2, 0.25) is 0 Å². The summed E-state index contributed by atoms with van der Waals surface area (Å²) in [6, 6.07) is 17.2. The Hall–Kier alpha value is -3.61. The van der Waals surface area contributed by atoms with Crippen LogP contribution in [0.2, 0.25) is 0 Å². The van der Waals surface area contributed by atoms with Crippen molar-refractivity contribution in [2.75, 3.05) is 23.4 Å². The first-order valence-corrected chi connectivity index (χ1v) is 9.60. The van der Waals surface area contributed by atoms with Crippen molar-refractivity contribution in [3.63, 3.8) is 0 Å². The molecule has 1 aliphatic rings. The van der Waals surface area contributed by atoms with Crippen LogP contribution in [0.4, 0.5) is 16.2 Å². The van der Waals surface area contributed by atoms with E-state index in [1.54, 1.807) is 29.3 Å². The molecular formula is C22H22N4O3. The van der Waals surface area contributed by atoms with Gasteiger partial charge in [0.1, 0.15) is 6.61 Å². The summed E-state index contributed by atoms with van der Waals surface area (Å²) in [5.41, 5.74) is 3.87. The lowest BCUT2D eigenvalue weighted by molar-refractivity contribution is 0.102. The monoisotopic (exact) mass is 390 g/mol. The number of nitrogens with one attached hydrogen (secondary N) is 1. The lowest BCUT2D eigenvalue weighted by Gasteiger charge is -2.14. The maximum atomic E-state index is 12.9. The fraction of sp³-hybridized carbons (Fsp3) is 0.227. The number of carbonyl (C=O) groups excluding carboxylic acids is 2. The second-order valence-corrected chi connectivity index (χ2v) is 6.77. The van der Waals surface area contributed by atoms with Crippen molar-refractivity contribution >= 4 is 23.4 Å². The Morgan fingerprint density at radius 2 is 2.00 bits per heavy atom. The maximum absolute atomic E-state index is 12.9. The molecule has 29 heavy (non-hydrogen) atoms. The number of benzene rings is 2. The van der Waals surface area contributed by atoms with E-state index < -0.39 is 0 Å². The van der Waals surface area contributed by atoms with Crippen LogP contribution in [0.25, 0.3) is 0 Å². The van der Waals surface area contributed by atoms with Gasteiger partial charge in [0.05, 0.1) is 30.5 Å². The highest BCUT2D eigenvalue weighted by atomic mass is 16.6. The van der Waals surface area contributed by atoms with E-state index in [0.717, 1.165) is 11.3 Å². The van der Waals surface area contributed by atoms with Crippen LogP contribution in [0.3, 0.4) is 0 Å². The van der Waals surface area contributed by atoms with Gasteiger partial charge in [-0.2, -0.15) is 5.10 Å². The van der Waals surface area contributed by atoms with E-state index in [2.05, 4.69) is 10.4 Å². The third-order valence-electron chi connectivity index (χ3n) is 4.88. The molecule has 1 fully saturated rings. The van der Waals surface area contributed by atoms with Gasteiger partial charge in [-0.15, -0.1) is 0 Å². The van der Waals surface area contributed by atoms with E-state index in [9.17, 15) is 9.59 Å². The van der Waals surface area contributed by atoms with E-state index in [1.165, 1.54) is 0 Å². The Bertz CT molecular complexity index is 1030. The molecule has 0 unspecified atom stereocenters. The third kappa shape index (κ3) is 3.99. The predicted molar refractivity (Wildman–Crippen MR) is 110 cm³/mol. The number of hydrogen-bond donors (Lipinski definition) is 1. The van der Waals surface area contributed by atoms with Crippen molar-refractivity contribution in [3.8, 4) is 0 Å². The molecule has 1 aliphatic heterocycles. The van der Waals surface area contributed by atoms with Gasteiger partial charge in [0, 0.05) is 11.4 Å². The summed E-state index contributed by atoms with van der Waals surface area (Å²) >= 11 is 0.